The van der Waals surface area contributed by atoms with Crippen LogP contribution in [0.5, 0.6) is 0 Å². The first-order valence-corrected chi connectivity index (χ1v) is 4.90. The second kappa shape index (κ2) is 3.23. The molecule has 1 aromatic carbocycles. The first kappa shape index (κ1) is 8.32. The molecule has 0 aliphatic carbocycles. The highest BCUT2D eigenvalue weighted by Crippen LogP contribution is 2.27. The van der Waals surface area contributed by atoms with E-state index < -0.39 is 0 Å². The number of rotatable bonds is 1. The van der Waals surface area contributed by atoms with Crippen molar-refractivity contribution in [3.8, 4) is 11.1 Å². The molecule has 2 rings (SSSR count). The van der Waals surface area contributed by atoms with Crippen LogP contribution in [-0.4, -0.2) is 0 Å². The summed E-state index contributed by atoms with van der Waals surface area (Å²) in [6, 6.07) is 10.1. The molecule has 2 aromatic rings. The Hall–Kier alpha value is -1.28. The predicted octanol–water partition coefficient (Wildman–Crippen LogP) is 3.18. The van der Waals surface area contributed by atoms with Crippen LogP contribution in [0, 0.1) is 6.92 Å². The van der Waals surface area contributed by atoms with E-state index >= 15 is 0 Å². The van der Waals surface area contributed by atoms with Crippen molar-refractivity contribution in [1.29, 1.82) is 0 Å². The van der Waals surface area contributed by atoms with E-state index in [0.29, 0.717) is 0 Å². The lowest BCUT2D eigenvalue weighted by atomic mass is 10.1. The third-order valence-corrected chi connectivity index (χ3v) is 2.64. The minimum Gasteiger partial charge on any atom is -0.391 e. The standard InChI is InChI=1S/C11H10NS/c1-8-3-2-4-9(5-8)10-6-11(12)13-7-10/h2-7H,1,12H2. The Labute approximate surface area is 81.8 Å². The van der Waals surface area contributed by atoms with Crippen LogP contribution < -0.4 is 5.73 Å². The zero-order valence-electron chi connectivity index (χ0n) is 7.16. The van der Waals surface area contributed by atoms with Gasteiger partial charge in [0.05, 0.1) is 5.00 Å². The van der Waals surface area contributed by atoms with Gasteiger partial charge in [-0.05, 0) is 29.7 Å². The lowest BCUT2D eigenvalue weighted by molar-refractivity contribution is 1.60. The molecule has 1 nitrogen and oxygen atoms in total. The molecule has 0 atom stereocenters. The van der Waals surface area contributed by atoms with Crippen LogP contribution in [0.3, 0.4) is 0 Å². The first-order chi connectivity index (χ1) is 6.25. The van der Waals surface area contributed by atoms with Crippen molar-refractivity contribution in [2.45, 2.75) is 0 Å². The Kier molecular flexibility index (Phi) is 2.07. The van der Waals surface area contributed by atoms with Crippen LogP contribution in [0.2, 0.25) is 0 Å². The van der Waals surface area contributed by atoms with Gasteiger partial charge in [0.25, 0.3) is 0 Å². The molecule has 2 heteroatoms. The van der Waals surface area contributed by atoms with E-state index in [1.165, 1.54) is 11.1 Å². The molecule has 0 fully saturated rings. The van der Waals surface area contributed by atoms with Gasteiger partial charge >= 0.3 is 0 Å². The Morgan fingerprint density at radius 2 is 2.00 bits per heavy atom. The Balaban J connectivity index is 2.46. The molecule has 2 N–H and O–H groups in total. The van der Waals surface area contributed by atoms with Gasteiger partial charge in [-0.15, -0.1) is 11.3 Å². The van der Waals surface area contributed by atoms with Crippen LogP contribution in [0.4, 0.5) is 5.00 Å². The van der Waals surface area contributed by atoms with Crippen LogP contribution in [0.25, 0.3) is 11.1 Å². The van der Waals surface area contributed by atoms with E-state index in [0.717, 1.165) is 10.6 Å². The summed E-state index contributed by atoms with van der Waals surface area (Å²) in [6.07, 6.45) is 0. The zero-order valence-corrected chi connectivity index (χ0v) is 7.97. The highest BCUT2D eigenvalue weighted by Gasteiger charge is 1.99. The molecule has 0 spiro atoms. The summed E-state index contributed by atoms with van der Waals surface area (Å²) < 4.78 is 0. The van der Waals surface area contributed by atoms with Gasteiger partial charge in [0.1, 0.15) is 0 Å². The van der Waals surface area contributed by atoms with Crippen molar-refractivity contribution in [1.82, 2.24) is 0 Å². The number of benzene rings is 1. The Morgan fingerprint density at radius 3 is 2.62 bits per heavy atom. The number of thiophene rings is 1. The summed E-state index contributed by atoms with van der Waals surface area (Å²) in [4.78, 5) is 0. The van der Waals surface area contributed by atoms with Crippen molar-refractivity contribution in [3.63, 3.8) is 0 Å². The number of hydrogen-bond donors (Lipinski definition) is 1. The number of anilines is 1. The van der Waals surface area contributed by atoms with E-state index in [1.807, 2.05) is 18.2 Å². The normalized spacial score (nSPS) is 10.2. The van der Waals surface area contributed by atoms with E-state index in [1.54, 1.807) is 11.3 Å². The minimum absolute atomic E-state index is 0.851. The number of hydrogen-bond acceptors (Lipinski definition) is 2. The molecule has 0 saturated carbocycles. The van der Waals surface area contributed by atoms with E-state index in [9.17, 15) is 0 Å². The average Bonchev–Trinajstić information content (AvgIpc) is 2.52. The Morgan fingerprint density at radius 1 is 1.15 bits per heavy atom. The van der Waals surface area contributed by atoms with Crippen molar-refractivity contribution >= 4 is 16.3 Å². The van der Waals surface area contributed by atoms with Crippen LogP contribution in [0.1, 0.15) is 5.56 Å². The molecule has 1 radical (unpaired) electrons. The fourth-order valence-electron chi connectivity index (χ4n) is 1.26. The van der Waals surface area contributed by atoms with Gasteiger partial charge in [-0.1, -0.05) is 24.3 Å². The monoisotopic (exact) mass is 188 g/mol. The summed E-state index contributed by atoms with van der Waals surface area (Å²) >= 11 is 1.56. The molecule has 0 bridgehead atoms. The second-order valence-electron chi connectivity index (χ2n) is 2.94. The largest absolute Gasteiger partial charge is 0.391 e. The smallest absolute Gasteiger partial charge is 0.0862 e. The molecule has 0 saturated heterocycles. The zero-order chi connectivity index (χ0) is 9.26. The van der Waals surface area contributed by atoms with Crippen LogP contribution in [-0.2, 0) is 0 Å². The van der Waals surface area contributed by atoms with Crippen molar-refractivity contribution in [2.24, 2.45) is 0 Å². The lowest BCUT2D eigenvalue weighted by Crippen LogP contribution is -1.77. The highest BCUT2D eigenvalue weighted by atomic mass is 32.1. The maximum atomic E-state index is 5.66. The lowest BCUT2D eigenvalue weighted by Gasteiger charge is -1.97. The third-order valence-electron chi connectivity index (χ3n) is 1.88. The van der Waals surface area contributed by atoms with E-state index in [2.05, 4.69) is 24.4 Å². The Bertz CT molecular complexity index is 418. The molecular formula is C11H10NS. The van der Waals surface area contributed by atoms with E-state index in [4.69, 9.17) is 5.73 Å². The number of nitrogen functional groups attached to an aromatic ring is 1. The van der Waals surface area contributed by atoms with E-state index in [-0.39, 0.29) is 0 Å². The summed E-state index contributed by atoms with van der Waals surface area (Å²) in [5.74, 6) is 0. The van der Waals surface area contributed by atoms with Crippen LogP contribution in [0.15, 0.2) is 35.7 Å². The molecular weight excluding hydrogens is 178 g/mol. The highest BCUT2D eigenvalue weighted by molar-refractivity contribution is 7.14. The predicted molar refractivity (Wildman–Crippen MR) is 58.6 cm³/mol. The molecule has 0 amide bonds. The second-order valence-corrected chi connectivity index (χ2v) is 3.88. The van der Waals surface area contributed by atoms with Gasteiger partial charge in [-0.3, -0.25) is 0 Å². The number of nitrogens with two attached hydrogens (primary N) is 1. The van der Waals surface area contributed by atoms with Gasteiger partial charge in [0.2, 0.25) is 0 Å². The fourth-order valence-corrected chi connectivity index (χ4v) is 1.92. The van der Waals surface area contributed by atoms with Gasteiger partial charge in [-0.25, -0.2) is 0 Å². The molecule has 13 heavy (non-hydrogen) atoms. The first-order valence-electron chi connectivity index (χ1n) is 4.02. The molecule has 1 heterocycles. The SMILES string of the molecule is [CH2]c1cccc(-c2csc(N)c2)c1. The summed E-state index contributed by atoms with van der Waals surface area (Å²) in [7, 11) is 0. The van der Waals surface area contributed by atoms with Crippen molar-refractivity contribution in [2.75, 3.05) is 5.73 Å². The van der Waals surface area contributed by atoms with Crippen molar-refractivity contribution < 1.29 is 0 Å². The quantitative estimate of drug-likeness (QED) is 0.730. The fraction of sp³-hybridized carbons (Fsp3) is 0. The topological polar surface area (TPSA) is 26.0 Å². The summed E-state index contributed by atoms with van der Waals surface area (Å²) in [5.41, 5.74) is 9.04. The van der Waals surface area contributed by atoms with Gasteiger partial charge in [-0.2, -0.15) is 0 Å². The van der Waals surface area contributed by atoms with Gasteiger partial charge < -0.3 is 5.73 Å². The minimum atomic E-state index is 0.851. The molecule has 65 valence electrons. The molecule has 1 aromatic heterocycles. The van der Waals surface area contributed by atoms with Gasteiger partial charge in [0.15, 0.2) is 0 Å². The summed E-state index contributed by atoms with van der Waals surface area (Å²) in [5, 5.41) is 2.91. The summed E-state index contributed by atoms with van der Waals surface area (Å²) in [6.45, 7) is 3.89. The molecule has 0 aliphatic rings. The molecule has 0 unspecified atom stereocenters. The average molecular weight is 188 g/mol. The maximum absolute atomic E-state index is 5.66. The van der Waals surface area contributed by atoms with Crippen molar-refractivity contribution in [3.05, 3.63) is 48.2 Å². The van der Waals surface area contributed by atoms with Gasteiger partial charge in [0, 0.05) is 5.38 Å². The van der Waals surface area contributed by atoms with Crippen LogP contribution >= 0.6 is 11.3 Å². The molecule has 0 aliphatic heterocycles. The third kappa shape index (κ3) is 1.73. The maximum Gasteiger partial charge on any atom is 0.0862 e.